The zero-order valence-electron chi connectivity index (χ0n) is 26.0. The number of hydrogen-bond donors (Lipinski definition) is 4. The first-order valence-electron chi connectivity index (χ1n) is 14.0. The molecule has 0 aromatic rings. The maximum atomic E-state index is 11.4. The standard InChI is InChI=1S/C17H33ClN2O6.C10H19ClN2O3/c1-17(2,3)26-16(22)20-7-5-9-24-11-13-25-12-10-23-8-4-6-19-15(21)14-18;1-10(2,3)16-9(15)13-6-4-5-12-8(14)7-11/h4-14H2,1-3H3,(H,19,21)(H,20,22);4-7H2,1-3H3,(H,12,14)(H,13,15). The van der Waals surface area contributed by atoms with E-state index in [1.807, 2.05) is 20.8 Å². The first-order chi connectivity index (χ1) is 19.7. The molecule has 0 aliphatic carbocycles. The monoisotopic (exact) mass is 646 g/mol. The minimum absolute atomic E-state index is 0.0168. The van der Waals surface area contributed by atoms with Crippen molar-refractivity contribution in [3.8, 4) is 0 Å². The molecule has 4 N–H and O–H groups in total. The Balaban J connectivity index is 0. The van der Waals surface area contributed by atoms with E-state index >= 15 is 0 Å². The molecule has 0 fully saturated rings. The van der Waals surface area contributed by atoms with E-state index in [1.54, 1.807) is 20.8 Å². The average molecular weight is 648 g/mol. The highest BCUT2D eigenvalue weighted by atomic mass is 35.5. The van der Waals surface area contributed by atoms with Gasteiger partial charge in [-0.1, -0.05) is 0 Å². The van der Waals surface area contributed by atoms with Gasteiger partial charge < -0.3 is 45.0 Å². The van der Waals surface area contributed by atoms with Gasteiger partial charge in [0.2, 0.25) is 11.8 Å². The van der Waals surface area contributed by atoms with Gasteiger partial charge in [0.15, 0.2) is 0 Å². The minimum atomic E-state index is -0.489. The second-order valence-electron chi connectivity index (χ2n) is 10.7. The van der Waals surface area contributed by atoms with E-state index in [2.05, 4.69) is 21.3 Å². The molecule has 0 unspecified atom stereocenters. The molecule has 0 aliphatic rings. The van der Waals surface area contributed by atoms with Crippen LogP contribution in [0.1, 0.15) is 60.8 Å². The summed E-state index contributed by atoms with van der Waals surface area (Å²) >= 11 is 10.6. The van der Waals surface area contributed by atoms with Crippen LogP contribution in [0, 0.1) is 0 Å². The highest BCUT2D eigenvalue weighted by molar-refractivity contribution is 6.27. The molecule has 0 spiro atoms. The Morgan fingerprint density at radius 3 is 1.17 bits per heavy atom. The molecule has 248 valence electrons. The highest BCUT2D eigenvalue weighted by Crippen LogP contribution is 2.06. The van der Waals surface area contributed by atoms with Crippen LogP contribution in [0.5, 0.6) is 0 Å². The van der Waals surface area contributed by atoms with Crippen LogP contribution in [-0.4, -0.2) is 113 Å². The van der Waals surface area contributed by atoms with Gasteiger partial charge in [0.25, 0.3) is 0 Å². The van der Waals surface area contributed by atoms with Crippen molar-refractivity contribution in [3.05, 3.63) is 0 Å². The molecule has 0 rings (SSSR count). The smallest absolute Gasteiger partial charge is 0.407 e. The number of carbonyl (C=O) groups excluding carboxylic acids is 4. The van der Waals surface area contributed by atoms with Crippen molar-refractivity contribution < 1.29 is 42.9 Å². The van der Waals surface area contributed by atoms with Crippen LogP contribution in [0.2, 0.25) is 0 Å². The van der Waals surface area contributed by atoms with Crippen molar-refractivity contribution in [2.45, 2.75) is 72.0 Å². The van der Waals surface area contributed by atoms with Gasteiger partial charge in [0.1, 0.15) is 23.0 Å². The van der Waals surface area contributed by atoms with Crippen molar-refractivity contribution in [1.29, 1.82) is 0 Å². The third-order valence-electron chi connectivity index (χ3n) is 4.25. The summed E-state index contributed by atoms with van der Waals surface area (Å²) in [5, 5.41) is 10.5. The number of amides is 4. The molecule has 0 radical (unpaired) electrons. The van der Waals surface area contributed by atoms with E-state index in [9.17, 15) is 19.2 Å². The molecule has 15 heteroatoms. The summed E-state index contributed by atoms with van der Waals surface area (Å²) in [6.07, 6.45) is 1.23. The summed E-state index contributed by atoms with van der Waals surface area (Å²) in [5.74, 6) is -0.439. The van der Waals surface area contributed by atoms with Gasteiger partial charge >= 0.3 is 12.2 Å². The van der Waals surface area contributed by atoms with E-state index in [4.69, 9.17) is 46.9 Å². The summed E-state index contributed by atoms with van der Waals surface area (Å²) in [4.78, 5) is 44.2. The van der Waals surface area contributed by atoms with E-state index < -0.39 is 23.4 Å². The van der Waals surface area contributed by atoms with Gasteiger partial charge in [-0.05, 0) is 60.8 Å². The third kappa shape index (κ3) is 36.0. The van der Waals surface area contributed by atoms with E-state index in [-0.39, 0.29) is 23.6 Å². The molecule has 42 heavy (non-hydrogen) atoms. The Hall–Kier alpha value is -2.06. The second-order valence-corrected chi connectivity index (χ2v) is 11.3. The van der Waals surface area contributed by atoms with Crippen molar-refractivity contribution in [3.63, 3.8) is 0 Å². The molecular formula is C27H52Cl2N4O9. The maximum Gasteiger partial charge on any atom is 0.407 e. The topological polar surface area (TPSA) is 163 Å². The van der Waals surface area contributed by atoms with Crippen molar-refractivity contribution >= 4 is 47.2 Å². The molecule has 0 aliphatic heterocycles. The lowest BCUT2D eigenvalue weighted by molar-refractivity contribution is -0.119. The van der Waals surface area contributed by atoms with Crippen LogP contribution in [0.25, 0.3) is 0 Å². The van der Waals surface area contributed by atoms with Gasteiger partial charge in [-0.2, -0.15) is 0 Å². The van der Waals surface area contributed by atoms with Gasteiger partial charge in [-0.25, -0.2) is 9.59 Å². The molecule has 0 heterocycles. The number of hydrogen-bond acceptors (Lipinski definition) is 9. The Morgan fingerprint density at radius 1 is 0.500 bits per heavy atom. The van der Waals surface area contributed by atoms with Crippen LogP contribution in [-0.2, 0) is 33.3 Å². The predicted octanol–water partition coefficient (Wildman–Crippen LogP) is 2.95. The number of alkyl carbamates (subject to hydrolysis) is 2. The molecule has 0 bridgehead atoms. The number of halogens is 2. The molecule has 0 saturated heterocycles. The zero-order valence-corrected chi connectivity index (χ0v) is 27.5. The van der Waals surface area contributed by atoms with Crippen LogP contribution >= 0.6 is 23.2 Å². The predicted molar refractivity (Wildman–Crippen MR) is 162 cm³/mol. The Morgan fingerprint density at radius 2 is 0.810 bits per heavy atom. The molecule has 0 saturated carbocycles. The summed E-state index contributed by atoms with van der Waals surface area (Å²) in [6.45, 7) is 16.0. The zero-order chi connectivity index (χ0) is 32.3. The van der Waals surface area contributed by atoms with Crippen LogP contribution in [0.4, 0.5) is 9.59 Å². The summed E-state index contributed by atoms with van der Waals surface area (Å²) in [6, 6.07) is 0. The lowest BCUT2D eigenvalue weighted by Gasteiger charge is -2.19. The maximum absolute atomic E-state index is 11.4. The van der Waals surface area contributed by atoms with Gasteiger partial charge in [-0.15, -0.1) is 23.2 Å². The van der Waals surface area contributed by atoms with Crippen LogP contribution < -0.4 is 21.3 Å². The highest BCUT2D eigenvalue weighted by Gasteiger charge is 2.16. The first-order valence-corrected chi connectivity index (χ1v) is 15.1. The lowest BCUT2D eigenvalue weighted by Crippen LogP contribution is -2.34. The van der Waals surface area contributed by atoms with Crippen LogP contribution in [0.3, 0.4) is 0 Å². The van der Waals surface area contributed by atoms with Gasteiger partial charge in [-0.3, -0.25) is 9.59 Å². The SMILES string of the molecule is CC(C)(C)OC(=O)NCCCNC(=O)CCl.CC(C)(C)OC(=O)NCCCOCCOCCOCCCNC(=O)CCl. The van der Waals surface area contributed by atoms with Gasteiger partial charge in [0.05, 0.1) is 26.4 Å². The number of ether oxygens (including phenoxy) is 5. The third-order valence-corrected chi connectivity index (χ3v) is 4.74. The van der Waals surface area contributed by atoms with E-state index in [1.165, 1.54) is 0 Å². The number of rotatable bonds is 20. The normalized spacial score (nSPS) is 11.0. The van der Waals surface area contributed by atoms with E-state index in [0.29, 0.717) is 78.7 Å². The Labute approximate surface area is 260 Å². The minimum Gasteiger partial charge on any atom is -0.444 e. The van der Waals surface area contributed by atoms with Crippen LogP contribution in [0.15, 0.2) is 0 Å². The quantitative estimate of drug-likeness (QED) is 0.115. The van der Waals surface area contributed by atoms with Crippen molar-refractivity contribution in [1.82, 2.24) is 21.3 Å². The first kappa shape index (κ1) is 42.1. The largest absolute Gasteiger partial charge is 0.444 e. The number of carbonyl (C=O) groups is 4. The lowest BCUT2D eigenvalue weighted by atomic mass is 10.2. The molecule has 0 aromatic heterocycles. The second kappa shape index (κ2) is 26.6. The Bertz CT molecular complexity index is 733. The fourth-order valence-electron chi connectivity index (χ4n) is 2.54. The number of alkyl halides is 2. The Kier molecular flexibility index (Phi) is 26.6. The summed E-state index contributed by atoms with van der Waals surface area (Å²) in [5.41, 5.74) is -0.973. The van der Waals surface area contributed by atoms with Crippen molar-refractivity contribution in [2.75, 3.05) is 77.6 Å². The van der Waals surface area contributed by atoms with Crippen molar-refractivity contribution in [2.24, 2.45) is 0 Å². The van der Waals surface area contributed by atoms with E-state index in [0.717, 1.165) is 6.42 Å². The molecule has 4 amide bonds. The molecule has 0 atom stereocenters. The number of nitrogens with one attached hydrogen (secondary N) is 4. The summed E-state index contributed by atoms with van der Waals surface area (Å²) in [7, 11) is 0. The molecule has 13 nitrogen and oxygen atoms in total. The molecule has 0 aromatic carbocycles. The summed E-state index contributed by atoms with van der Waals surface area (Å²) < 4.78 is 26.3. The average Bonchev–Trinajstić information content (AvgIpc) is 2.88. The van der Waals surface area contributed by atoms with Gasteiger partial charge in [0, 0.05) is 39.4 Å². The molecular weight excluding hydrogens is 595 g/mol. The fraction of sp³-hybridized carbons (Fsp3) is 0.852. The fourth-order valence-corrected chi connectivity index (χ4v) is 2.73.